The number of pyridine rings is 1. The first-order valence-corrected chi connectivity index (χ1v) is 11.6. The molecule has 5 N–H and O–H groups in total. The summed E-state index contributed by atoms with van der Waals surface area (Å²) in [6.45, 7) is -2.20. The summed E-state index contributed by atoms with van der Waals surface area (Å²) >= 11 is 5.87. The van der Waals surface area contributed by atoms with E-state index in [0.29, 0.717) is 9.59 Å². The number of alkyl halides is 6. The first-order valence-electron chi connectivity index (χ1n) is 11.2. The molecular formula is C22H22Cl2F6N8O4. The molecule has 230 valence electrons. The summed E-state index contributed by atoms with van der Waals surface area (Å²) < 4.78 is 84.2. The summed E-state index contributed by atoms with van der Waals surface area (Å²) in [5.74, 6) is -1.63. The fourth-order valence-corrected chi connectivity index (χ4v) is 3.69. The topological polar surface area (TPSA) is 168 Å². The second-order valence-electron chi connectivity index (χ2n) is 8.14. The molecule has 0 saturated carbocycles. The second kappa shape index (κ2) is 13.5. The van der Waals surface area contributed by atoms with Crippen molar-refractivity contribution in [3.63, 3.8) is 0 Å². The summed E-state index contributed by atoms with van der Waals surface area (Å²) in [5, 5.41) is 27.5. The van der Waals surface area contributed by atoms with Crippen LogP contribution in [-0.2, 0) is 19.5 Å². The van der Waals surface area contributed by atoms with Crippen LogP contribution in [0.3, 0.4) is 0 Å². The van der Waals surface area contributed by atoms with E-state index in [-0.39, 0.29) is 48.0 Å². The van der Waals surface area contributed by atoms with Crippen LogP contribution >= 0.6 is 24.0 Å². The highest BCUT2D eigenvalue weighted by atomic mass is 35.5. The Labute approximate surface area is 243 Å². The molecule has 0 fully saturated rings. The lowest BCUT2D eigenvalue weighted by Crippen LogP contribution is -2.37. The van der Waals surface area contributed by atoms with E-state index in [1.54, 1.807) is 0 Å². The highest BCUT2D eigenvalue weighted by Gasteiger charge is 2.39. The van der Waals surface area contributed by atoms with Gasteiger partial charge in [0.05, 0.1) is 13.2 Å². The highest BCUT2D eigenvalue weighted by molar-refractivity contribution is 6.30. The maximum Gasteiger partial charge on any atom is 0.573 e. The van der Waals surface area contributed by atoms with Crippen molar-refractivity contribution in [2.45, 2.75) is 38.2 Å². The van der Waals surface area contributed by atoms with Gasteiger partial charge in [0.25, 0.3) is 0 Å². The standard InChI is InChI=1S/C22H18ClF6N7O4.ClH.H3N/c23-13-5-3-12(4-6-13)18-33-35(20(39)34(18)10-15(38)21(24,25)26)11-16-31-17(7-9-37)36(32-16)19-14(2-1-8-30-19)40-22(27,28)29;;/h1-6,8,15,37-38H,7,9-11H2;1H;1H3/t15-;;/m0../s1. The van der Waals surface area contributed by atoms with Crippen molar-refractivity contribution in [3.8, 4) is 23.0 Å². The van der Waals surface area contributed by atoms with Gasteiger partial charge in [-0.25, -0.2) is 19.4 Å². The minimum Gasteiger partial charge on any atom is -0.402 e. The van der Waals surface area contributed by atoms with Crippen molar-refractivity contribution in [2.24, 2.45) is 0 Å². The Kier molecular flexibility index (Phi) is 11.1. The van der Waals surface area contributed by atoms with Crippen molar-refractivity contribution >= 4 is 24.0 Å². The number of aliphatic hydroxyl groups is 2. The second-order valence-corrected chi connectivity index (χ2v) is 8.58. The van der Waals surface area contributed by atoms with Crippen LogP contribution in [0, 0.1) is 0 Å². The lowest BCUT2D eigenvalue weighted by atomic mass is 10.2. The SMILES string of the molecule is Cl.N.O=c1n(Cc2nc(CCO)n(-c3ncccc3OC(F)(F)F)n2)nc(-c2ccc(Cl)cc2)n1C[C@H](O)C(F)(F)F. The summed E-state index contributed by atoms with van der Waals surface area (Å²) in [6.07, 6.45) is -12.0. The molecular weight excluding hydrogens is 625 g/mol. The minimum absolute atomic E-state index is 0. The van der Waals surface area contributed by atoms with Gasteiger partial charge >= 0.3 is 18.2 Å². The van der Waals surface area contributed by atoms with Crippen molar-refractivity contribution < 1.29 is 41.3 Å². The zero-order valence-corrected chi connectivity index (χ0v) is 22.6. The number of hydrogen-bond acceptors (Lipinski definition) is 9. The summed E-state index contributed by atoms with van der Waals surface area (Å²) in [6, 6.07) is 7.82. The average molecular weight is 647 g/mol. The van der Waals surface area contributed by atoms with Gasteiger partial charge in [0.2, 0.25) is 0 Å². The molecule has 0 aliphatic carbocycles. The molecule has 20 heteroatoms. The minimum atomic E-state index is -5.06. The Balaban J connectivity index is 0.00000308. The van der Waals surface area contributed by atoms with E-state index < -0.39 is 55.6 Å². The first kappa shape index (κ1) is 34.5. The smallest absolute Gasteiger partial charge is 0.402 e. The molecule has 0 bridgehead atoms. The van der Waals surface area contributed by atoms with Gasteiger partial charge in [-0.05, 0) is 36.4 Å². The molecule has 0 aliphatic heterocycles. The molecule has 0 aliphatic rings. The predicted molar refractivity (Wildman–Crippen MR) is 137 cm³/mol. The summed E-state index contributed by atoms with van der Waals surface area (Å²) in [7, 11) is 0. The normalized spacial score (nSPS) is 12.4. The molecule has 0 radical (unpaired) electrons. The van der Waals surface area contributed by atoms with Gasteiger partial charge in [0.15, 0.2) is 29.3 Å². The first-order chi connectivity index (χ1) is 18.8. The van der Waals surface area contributed by atoms with Crippen molar-refractivity contribution in [2.75, 3.05) is 6.61 Å². The van der Waals surface area contributed by atoms with Crippen molar-refractivity contribution in [1.29, 1.82) is 0 Å². The monoisotopic (exact) mass is 646 g/mol. The van der Waals surface area contributed by atoms with Gasteiger partial charge in [-0.3, -0.25) is 4.57 Å². The molecule has 1 atom stereocenters. The lowest BCUT2D eigenvalue weighted by molar-refractivity contribution is -0.274. The fourth-order valence-electron chi connectivity index (χ4n) is 3.57. The quantitative estimate of drug-likeness (QED) is 0.231. The van der Waals surface area contributed by atoms with Gasteiger partial charge < -0.3 is 21.1 Å². The van der Waals surface area contributed by atoms with E-state index in [0.717, 1.165) is 15.4 Å². The molecule has 4 rings (SSSR count). The van der Waals surface area contributed by atoms with Crippen LogP contribution in [0.15, 0.2) is 47.4 Å². The number of rotatable bonds is 9. The lowest BCUT2D eigenvalue weighted by Gasteiger charge is -2.15. The summed E-state index contributed by atoms with van der Waals surface area (Å²) in [4.78, 5) is 21.1. The van der Waals surface area contributed by atoms with E-state index in [4.69, 9.17) is 11.6 Å². The third kappa shape index (κ3) is 7.97. The Morgan fingerprint density at radius 1 is 1.05 bits per heavy atom. The fraction of sp³-hybridized carbons (Fsp3) is 0.318. The van der Waals surface area contributed by atoms with Gasteiger partial charge in [-0.15, -0.1) is 35.8 Å². The van der Waals surface area contributed by atoms with Gasteiger partial charge in [0.1, 0.15) is 12.4 Å². The van der Waals surface area contributed by atoms with Gasteiger partial charge in [0, 0.05) is 23.2 Å². The molecule has 0 saturated heterocycles. The van der Waals surface area contributed by atoms with Crippen LogP contribution in [-0.4, -0.2) is 69.6 Å². The van der Waals surface area contributed by atoms with E-state index >= 15 is 0 Å². The van der Waals surface area contributed by atoms with E-state index in [1.807, 2.05) is 0 Å². The van der Waals surface area contributed by atoms with Crippen molar-refractivity contribution in [1.82, 2.24) is 40.2 Å². The molecule has 0 amide bonds. The molecule has 0 spiro atoms. The maximum absolute atomic E-state index is 13.1. The van der Waals surface area contributed by atoms with Crippen molar-refractivity contribution in [3.05, 3.63) is 69.8 Å². The molecule has 42 heavy (non-hydrogen) atoms. The van der Waals surface area contributed by atoms with E-state index in [1.165, 1.54) is 36.5 Å². The molecule has 1 aromatic carbocycles. The summed E-state index contributed by atoms with van der Waals surface area (Å²) in [5.41, 5.74) is -0.858. The van der Waals surface area contributed by atoms with E-state index in [9.17, 15) is 41.4 Å². The highest BCUT2D eigenvalue weighted by Crippen LogP contribution is 2.28. The third-order valence-corrected chi connectivity index (χ3v) is 5.53. The number of ether oxygens (including phenoxy) is 1. The molecule has 0 unspecified atom stereocenters. The number of aromatic nitrogens is 7. The van der Waals surface area contributed by atoms with Crippen LogP contribution in [0.4, 0.5) is 26.3 Å². The Morgan fingerprint density at radius 3 is 2.31 bits per heavy atom. The molecule has 3 heterocycles. The van der Waals surface area contributed by atoms with Crippen LogP contribution in [0.25, 0.3) is 17.2 Å². The van der Waals surface area contributed by atoms with Crippen LogP contribution < -0.4 is 16.6 Å². The number of halogens is 8. The largest absolute Gasteiger partial charge is 0.573 e. The Morgan fingerprint density at radius 2 is 1.71 bits per heavy atom. The Hall–Kier alpha value is -3.71. The number of nitrogens with zero attached hydrogens (tertiary/aromatic N) is 7. The Bertz CT molecular complexity index is 1540. The third-order valence-electron chi connectivity index (χ3n) is 5.28. The average Bonchev–Trinajstić information content (AvgIpc) is 3.39. The maximum atomic E-state index is 13.1. The number of hydrogen-bond donors (Lipinski definition) is 3. The molecule has 12 nitrogen and oxygen atoms in total. The molecule has 4 aromatic rings. The zero-order chi connectivity index (χ0) is 29.2. The van der Waals surface area contributed by atoms with Gasteiger partial charge in [-0.1, -0.05) is 11.6 Å². The number of benzene rings is 1. The van der Waals surface area contributed by atoms with Gasteiger partial charge in [-0.2, -0.15) is 17.9 Å². The van der Waals surface area contributed by atoms with Crippen LogP contribution in [0.2, 0.25) is 5.02 Å². The predicted octanol–water partition coefficient (Wildman–Crippen LogP) is 3.33. The zero-order valence-electron chi connectivity index (χ0n) is 21.0. The van der Waals surface area contributed by atoms with Crippen LogP contribution in [0.1, 0.15) is 11.6 Å². The molecule has 3 aromatic heterocycles. The number of aliphatic hydroxyl groups excluding tert-OH is 2. The van der Waals surface area contributed by atoms with Crippen LogP contribution in [0.5, 0.6) is 5.75 Å². The van der Waals surface area contributed by atoms with E-state index in [2.05, 4.69) is 24.9 Å².